The number of anilines is 1. The molecule has 2 fully saturated rings. The van der Waals surface area contributed by atoms with Gasteiger partial charge in [0.1, 0.15) is 0 Å². The highest BCUT2D eigenvalue weighted by Crippen LogP contribution is 2.52. The van der Waals surface area contributed by atoms with Gasteiger partial charge in [0, 0.05) is 24.8 Å². The molecule has 1 aromatic rings. The van der Waals surface area contributed by atoms with Crippen molar-refractivity contribution in [3.63, 3.8) is 0 Å². The van der Waals surface area contributed by atoms with E-state index in [4.69, 9.17) is 4.74 Å². The van der Waals surface area contributed by atoms with E-state index >= 15 is 0 Å². The van der Waals surface area contributed by atoms with Crippen molar-refractivity contribution in [3.05, 3.63) is 41.5 Å². The van der Waals surface area contributed by atoms with E-state index in [0.717, 1.165) is 36.3 Å². The van der Waals surface area contributed by atoms with Crippen molar-refractivity contribution in [1.29, 1.82) is 0 Å². The number of carbonyl (C=O) groups excluding carboxylic acids is 2. The lowest BCUT2D eigenvalue weighted by molar-refractivity contribution is -0.149. The number of benzene rings is 1. The molecule has 3 aliphatic rings. The fraction of sp³-hybridized carbons (Fsp3) is 0.524. The summed E-state index contributed by atoms with van der Waals surface area (Å²) in [6, 6.07) is 7.92. The van der Waals surface area contributed by atoms with Gasteiger partial charge in [-0.15, -0.1) is 0 Å². The van der Waals surface area contributed by atoms with Crippen molar-refractivity contribution in [2.24, 2.45) is 11.8 Å². The first-order chi connectivity index (χ1) is 13.1. The van der Waals surface area contributed by atoms with Crippen LogP contribution in [0, 0.1) is 11.8 Å². The largest absolute Gasteiger partial charge is 0.469 e. The van der Waals surface area contributed by atoms with Gasteiger partial charge in [-0.25, -0.2) is 0 Å². The highest BCUT2D eigenvalue weighted by molar-refractivity contribution is 6.07. The highest BCUT2D eigenvalue weighted by Gasteiger charge is 2.59. The van der Waals surface area contributed by atoms with Crippen LogP contribution < -0.4 is 5.32 Å². The Labute approximate surface area is 159 Å². The Morgan fingerprint density at radius 3 is 2.96 bits per heavy atom. The molecule has 4 rings (SSSR count). The summed E-state index contributed by atoms with van der Waals surface area (Å²) in [5.74, 6) is -1.05. The third-order valence-corrected chi connectivity index (χ3v) is 6.76. The third-order valence-electron chi connectivity index (χ3n) is 6.76. The second-order valence-electron chi connectivity index (χ2n) is 7.73. The fourth-order valence-electron chi connectivity index (χ4n) is 5.40. The van der Waals surface area contributed by atoms with Gasteiger partial charge in [-0.1, -0.05) is 29.8 Å². The summed E-state index contributed by atoms with van der Waals surface area (Å²) in [4.78, 5) is 27.7. The molecule has 4 unspecified atom stereocenters. The number of nitrogens with one attached hydrogen (secondary N) is 1. The normalized spacial score (nSPS) is 32.3. The van der Waals surface area contributed by atoms with E-state index in [1.165, 1.54) is 7.11 Å². The molecule has 6 heteroatoms. The van der Waals surface area contributed by atoms with Gasteiger partial charge in [0.05, 0.1) is 25.0 Å². The monoisotopic (exact) mass is 370 g/mol. The molecule has 3 aliphatic heterocycles. The second-order valence-corrected chi connectivity index (χ2v) is 7.73. The van der Waals surface area contributed by atoms with Gasteiger partial charge in [0.25, 0.3) is 0 Å². The van der Waals surface area contributed by atoms with Gasteiger partial charge in [-0.3, -0.25) is 14.5 Å². The van der Waals surface area contributed by atoms with E-state index in [0.29, 0.717) is 6.42 Å². The number of carbonyl (C=O) groups is 2. The fourth-order valence-corrected chi connectivity index (χ4v) is 5.40. The average molecular weight is 370 g/mol. The Morgan fingerprint density at radius 1 is 1.48 bits per heavy atom. The van der Waals surface area contributed by atoms with Crippen LogP contribution in [0.5, 0.6) is 0 Å². The Balaban J connectivity index is 1.74. The number of para-hydroxylation sites is 1. The molecule has 144 valence electrons. The molecule has 4 atom stereocenters. The van der Waals surface area contributed by atoms with Crippen molar-refractivity contribution in [1.82, 2.24) is 4.90 Å². The van der Waals surface area contributed by atoms with Crippen LogP contribution in [0.1, 0.15) is 25.3 Å². The highest BCUT2D eigenvalue weighted by atomic mass is 16.5. The van der Waals surface area contributed by atoms with Crippen molar-refractivity contribution in [2.75, 3.05) is 32.1 Å². The number of hydrogen-bond donors (Lipinski definition) is 2. The summed E-state index contributed by atoms with van der Waals surface area (Å²) in [5.41, 5.74) is 2.51. The van der Waals surface area contributed by atoms with Gasteiger partial charge in [0.15, 0.2) is 0 Å². The van der Waals surface area contributed by atoms with Gasteiger partial charge in [-0.2, -0.15) is 0 Å². The number of methoxy groups -OCH3 is 1. The molecule has 2 saturated heterocycles. The number of aliphatic hydroxyl groups is 1. The molecule has 3 heterocycles. The van der Waals surface area contributed by atoms with E-state index in [1.54, 1.807) is 0 Å². The van der Waals surface area contributed by atoms with Gasteiger partial charge in [0.2, 0.25) is 5.91 Å². The van der Waals surface area contributed by atoms with E-state index in [1.807, 2.05) is 37.3 Å². The molecule has 1 amide bonds. The van der Waals surface area contributed by atoms with E-state index in [2.05, 4.69) is 10.2 Å². The molecule has 27 heavy (non-hydrogen) atoms. The number of allylic oxidation sites excluding steroid dienone is 1. The standard InChI is InChI=1S/C21H26N2O4/c1-3-13-11-23-9-8-21(16-6-4-5-7-17(16)22-20(21)26)18(23)10-14(13)15(12-24)19(25)27-2/h3-7,14-15,18,24H,8-12H2,1-2H3,(H,22,26). The first-order valence-electron chi connectivity index (χ1n) is 9.55. The molecule has 1 aromatic carbocycles. The smallest absolute Gasteiger partial charge is 0.311 e. The number of esters is 1. The van der Waals surface area contributed by atoms with Crippen LogP contribution in [0.2, 0.25) is 0 Å². The zero-order chi connectivity index (χ0) is 19.2. The van der Waals surface area contributed by atoms with Crippen LogP contribution >= 0.6 is 0 Å². The predicted molar refractivity (Wildman–Crippen MR) is 101 cm³/mol. The molecule has 0 aliphatic carbocycles. The molecule has 0 radical (unpaired) electrons. The minimum atomic E-state index is -0.597. The second kappa shape index (κ2) is 6.77. The molecule has 0 saturated carbocycles. The summed E-state index contributed by atoms with van der Waals surface area (Å²) in [5, 5.41) is 12.9. The van der Waals surface area contributed by atoms with Gasteiger partial charge < -0.3 is 15.2 Å². The van der Waals surface area contributed by atoms with Crippen molar-refractivity contribution >= 4 is 17.6 Å². The van der Waals surface area contributed by atoms with Crippen molar-refractivity contribution < 1.29 is 19.4 Å². The molecule has 0 bridgehead atoms. The zero-order valence-electron chi connectivity index (χ0n) is 15.8. The summed E-state index contributed by atoms with van der Waals surface area (Å²) < 4.78 is 4.94. The number of aliphatic hydroxyl groups excluding tert-OH is 1. The van der Waals surface area contributed by atoms with Crippen LogP contribution in [-0.2, 0) is 19.7 Å². The maximum absolute atomic E-state index is 13.1. The predicted octanol–water partition coefficient (Wildman–Crippen LogP) is 1.70. The third kappa shape index (κ3) is 2.54. The number of rotatable bonds is 3. The van der Waals surface area contributed by atoms with Gasteiger partial charge >= 0.3 is 5.97 Å². The number of amides is 1. The van der Waals surface area contributed by atoms with Crippen molar-refractivity contribution in [3.8, 4) is 0 Å². The quantitative estimate of drug-likeness (QED) is 0.625. The topological polar surface area (TPSA) is 78.9 Å². The Bertz CT molecular complexity index is 805. The molecule has 0 aromatic heterocycles. The number of hydrogen-bond acceptors (Lipinski definition) is 5. The number of ether oxygens (including phenoxy) is 1. The number of nitrogens with zero attached hydrogens (tertiary/aromatic N) is 1. The molecule has 6 nitrogen and oxygen atoms in total. The zero-order valence-corrected chi connectivity index (χ0v) is 15.8. The molecule has 2 N–H and O–H groups in total. The SMILES string of the molecule is CC=C1CN2CCC3(C(=O)Nc4ccccc43)C2CC1C(CO)C(=O)OC. The minimum Gasteiger partial charge on any atom is -0.469 e. The van der Waals surface area contributed by atoms with Gasteiger partial charge in [-0.05, 0) is 37.3 Å². The van der Waals surface area contributed by atoms with E-state index in [9.17, 15) is 14.7 Å². The summed E-state index contributed by atoms with van der Waals surface area (Å²) in [6.45, 7) is 3.28. The van der Waals surface area contributed by atoms with Crippen LogP contribution in [-0.4, -0.2) is 54.7 Å². The number of piperidine rings is 1. The van der Waals surface area contributed by atoms with Crippen LogP contribution in [0.15, 0.2) is 35.9 Å². The maximum Gasteiger partial charge on any atom is 0.311 e. The minimum absolute atomic E-state index is 0.00792. The van der Waals surface area contributed by atoms with E-state index < -0.39 is 17.3 Å². The summed E-state index contributed by atoms with van der Waals surface area (Å²) in [6.07, 6.45) is 3.47. The molecule has 1 spiro atoms. The molecular formula is C21H26N2O4. The Morgan fingerprint density at radius 2 is 2.26 bits per heavy atom. The summed E-state index contributed by atoms with van der Waals surface area (Å²) >= 11 is 0. The van der Waals surface area contributed by atoms with Crippen molar-refractivity contribution in [2.45, 2.75) is 31.2 Å². The lowest BCUT2D eigenvalue weighted by atomic mass is 9.68. The van der Waals surface area contributed by atoms with Crippen LogP contribution in [0.3, 0.4) is 0 Å². The Kier molecular flexibility index (Phi) is 4.56. The Hall–Kier alpha value is -2.18. The van der Waals surface area contributed by atoms with Crippen LogP contribution in [0.25, 0.3) is 0 Å². The first kappa shape index (κ1) is 18.2. The maximum atomic E-state index is 13.1. The first-order valence-corrected chi connectivity index (χ1v) is 9.55. The summed E-state index contributed by atoms with van der Waals surface area (Å²) in [7, 11) is 1.35. The van der Waals surface area contributed by atoms with E-state index in [-0.39, 0.29) is 24.5 Å². The van der Waals surface area contributed by atoms with Crippen LogP contribution in [0.4, 0.5) is 5.69 Å². The molecular weight excluding hydrogens is 344 g/mol. The number of fused-ring (bicyclic) bond motifs is 4. The average Bonchev–Trinajstić information content (AvgIpc) is 3.20. The lowest BCUT2D eigenvalue weighted by Crippen LogP contribution is -2.53. The lowest BCUT2D eigenvalue weighted by Gasteiger charge is -2.43.